The van der Waals surface area contributed by atoms with E-state index in [0.29, 0.717) is 48.2 Å². The van der Waals surface area contributed by atoms with Crippen LogP contribution in [0.3, 0.4) is 0 Å². The third-order valence-electron chi connectivity index (χ3n) is 4.15. The zero-order chi connectivity index (χ0) is 18.8. The van der Waals surface area contributed by atoms with Gasteiger partial charge < -0.3 is 18.8 Å². The lowest BCUT2D eigenvalue weighted by atomic mass is 10.2. The minimum absolute atomic E-state index is 0.316. The lowest BCUT2D eigenvalue weighted by molar-refractivity contribution is 0.0996. The number of hydrogen-bond donors (Lipinski definition) is 0. The Morgan fingerprint density at radius 1 is 1.22 bits per heavy atom. The van der Waals surface area contributed by atoms with E-state index in [1.807, 2.05) is 22.8 Å². The van der Waals surface area contributed by atoms with Crippen molar-refractivity contribution in [1.82, 2.24) is 4.57 Å². The smallest absolute Gasteiger partial charge is 0.279 e. The molecule has 0 radical (unpaired) electrons. The standard InChI is InChI=1S/C19H17BrN2O4S/c1-24-7-6-22-14-4-3-13(20)11-17(14)27-19(22)21-18(23)12-2-5-15-16(10-12)26-9-8-25-15/h2-5,10-11H,6-9H2,1H3. The van der Waals surface area contributed by atoms with Gasteiger partial charge in [-0.15, -0.1) is 0 Å². The fraction of sp³-hybridized carbons (Fsp3) is 0.263. The monoisotopic (exact) mass is 448 g/mol. The summed E-state index contributed by atoms with van der Waals surface area (Å²) in [6, 6.07) is 11.2. The van der Waals surface area contributed by atoms with Crippen molar-refractivity contribution in [2.45, 2.75) is 6.54 Å². The third kappa shape index (κ3) is 3.78. The highest BCUT2D eigenvalue weighted by Gasteiger charge is 2.15. The van der Waals surface area contributed by atoms with E-state index in [-0.39, 0.29) is 5.91 Å². The highest BCUT2D eigenvalue weighted by Crippen LogP contribution is 2.31. The number of hydrogen-bond acceptors (Lipinski definition) is 5. The molecule has 0 unspecified atom stereocenters. The third-order valence-corrected chi connectivity index (χ3v) is 5.68. The second-order valence-electron chi connectivity index (χ2n) is 5.92. The first-order valence-electron chi connectivity index (χ1n) is 8.42. The van der Waals surface area contributed by atoms with Gasteiger partial charge in [0.15, 0.2) is 16.3 Å². The van der Waals surface area contributed by atoms with Gasteiger partial charge in [0.05, 0.1) is 16.8 Å². The molecule has 0 saturated carbocycles. The lowest BCUT2D eigenvalue weighted by Crippen LogP contribution is -2.19. The van der Waals surface area contributed by atoms with E-state index in [1.165, 1.54) is 11.3 Å². The van der Waals surface area contributed by atoms with Gasteiger partial charge >= 0.3 is 0 Å². The summed E-state index contributed by atoms with van der Waals surface area (Å²) >= 11 is 4.97. The molecule has 3 aromatic rings. The van der Waals surface area contributed by atoms with Gasteiger partial charge in [-0.25, -0.2) is 0 Å². The van der Waals surface area contributed by atoms with E-state index in [0.717, 1.165) is 14.7 Å². The number of carbonyl (C=O) groups excluding carboxylic acids is 1. The molecule has 0 spiro atoms. The number of halogens is 1. The molecule has 1 aliphatic rings. The summed E-state index contributed by atoms with van der Waals surface area (Å²) < 4.78 is 20.3. The quantitative estimate of drug-likeness (QED) is 0.611. The van der Waals surface area contributed by atoms with E-state index >= 15 is 0 Å². The maximum atomic E-state index is 12.8. The van der Waals surface area contributed by atoms with Crippen LogP contribution < -0.4 is 14.3 Å². The zero-order valence-corrected chi connectivity index (χ0v) is 17.0. The van der Waals surface area contributed by atoms with Crippen LogP contribution in [0.15, 0.2) is 45.9 Å². The van der Waals surface area contributed by atoms with Crippen LogP contribution in [0.5, 0.6) is 11.5 Å². The van der Waals surface area contributed by atoms with Crippen LogP contribution in [0.1, 0.15) is 10.4 Å². The largest absolute Gasteiger partial charge is 0.486 e. The maximum absolute atomic E-state index is 12.8. The first-order chi connectivity index (χ1) is 13.2. The molecular weight excluding hydrogens is 432 g/mol. The summed E-state index contributed by atoms with van der Waals surface area (Å²) in [5, 5.41) is 0. The van der Waals surface area contributed by atoms with Crippen molar-refractivity contribution in [2.75, 3.05) is 26.9 Å². The Morgan fingerprint density at radius 3 is 2.85 bits per heavy atom. The number of ether oxygens (including phenoxy) is 3. The molecule has 2 heterocycles. The Balaban J connectivity index is 1.76. The van der Waals surface area contributed by atoms with Gasteiger partial charge in [0.25, 0.3) is 5.91 Å². The number of amides is 1. The summed E-state index contributed by atoms with van der Waals surface area (Å²) in [7, 11) is 1.66. The van der Waals surface area contributed by atoms with Crippen LogP contribution in [0.25, 0.3) is 10.2 Å². The van der Waals surface area contributed by atoms with Crippen molar-refractivity contribution < 1.29 is 19.0 Å². The van der Waals surface area contributed by atoms with E-state index < -0.39 is 0 Å². The van der Waals surface area contributed by atoms with Gasteiger partial charge in [0.1, 0.15) is 13.2 Å². The number of benzene rings is 2. The van der Waals surface area contributed by atoms with E-state index in [9.17, 15) is 4.79 Å². The number of methoxy groups -OCH3 is 1. The van der Waals surface area contributed by atoms with Crippen LogP contribution in [-0.4, -0.2) is 37.4 Å². The molecule has 0 aliphatic carbocycles. The minimum atomic E-state index is -0.316. The van der Waals surface area contributed by atoms with Crippen molar-refractivity contribution in [3.05, 3.63) is 51.2 Å². The lowest BCUT2D eigenvalue weighted by Gasteiger charge is -2.18. The molecular formula is C19H17BrN2O4S. The van der Waals surface area contributed by atoms with Crippen molar-refractivity contribution in [3.63, 3.8) is 0 Å². The fourth-order valence-electron chi connectivity index (χ4n) is 2.86. The fourth-order valence-corrected chi connectivity index (χ4v) is 4.47. The average Bonchev–Trinajstić information content (AvgIpc) is 3.01. The zero-order valence-electron chi connectivity index (χ0n) is 14.6. The van der Waals surface area contributed by atoms with Crippen LogP contribution in [-0.2, 0) is 11.3 Å². The normalized spacial score (nSPS) is 13.9. The predicted octanol–water partition coefficient (Wildman–Crippen LogP) is 3.62. The second-order valence-corrected chi connectivity index (χ2v) is 7.84. The molecule has 140 valence electrons. The number of fused-ring (bicyclic) bond motifs is 2. The molecule has 1 aliphatic heterocycles. The molecule has 0 fully saturated rings. The van der Waals surface area contributed by atoms with Gasteiger partial charge in [0.2, 0.25) is 0 Å². The molecule has 0 N–H and O–H groups in total. The first-order valence-corrected chi connectivity index (χ1v) is 10.0. The molecule has 1 aromatic heterocycles. The highest BCUT2D eigenvalue weighted by atomic mass is 79.9. The highest BCUT2D eigenvalue weighted by molar-refractivity contribution is 9.10. The van der Waals surface area contributed by atoms with Crippen molar-refractivity contribution in [2.24, 2.45) is 4.99 Å². The molecule has 0 bridgehead atoms. The number of carbonyl (C=O) groups is 1. The molecule has 27 heavy (non-hydrogen) atoms. The van der Waals surface area contributed by atoms with Crippen LogP contribution in [0.2, 0.25) is 0 Å². The average molecular weight is 449 g/mol. The van der Waals surface area contributed by atoms with Crippen LogP contribution >= 0.6 is 27.3 Å². The maximum Gasteiger partial charge on any atom is 0.279 e. The molecule has 0 atom stereocenters. The van der Waals surface area contributed by atoms with Gasteiger partial charge in [-0.3, -0.25) is 4.79 Å². The number of aromatic nitrogens is 1. The van der Waals surface area contributed by atoms with Crippen molar-refractivity contribution >= 4 is 43.4 Å². The SMILES string of the molecule is COCCn1c(=NC(=O)c2ccc3c(c2)OCCO3)sc2cc(Br)ccc21. The van der Waals surface area contributed by atoms with Gasteiger partial charge in [0, 0.05) is 23.7 Å². The van der Waals surface area contributed by atoms with Gasteiger partial charge in [-0.1, -0.05) is 27.3 Å². The Kier molecular flexibility index (Phi) is 5.29. The van der Waals surface area contributed by atoms with E-state index in [4.69, 9.17) is 14.2 Å². The first kappa shape index (κ1) is 18.2. The Bertz CT molecular complexity index is 1070. The molecule has 6 nitrogen and oxygen atoms in total. The Labute approximate surface area is 168 Å². The number of rotatable bonds is 4. The topological polar surface area (TPSA) is 62.1 Å². The van der Waals surface area contributed by atoms with Crippen LogP contribution in [0, 0.1) is 0 Å². The second kappa shape index (κ2) is 7.84. The van der Waals surface area contributed by atoms with E-state index in [1.54, 1.807) is 25.3 Å². The number of thiazole rings is 1. The summed E-state index contributed by atoms with van der Waals surface area (Å²) in [6.07, 6.45) is 0. The van der Waals surface area contributed by atoms with E-state index in [2.05, 4.69) is 20.9 Å². The molecule has 8 heteroatoms. The number of nitrogens with zero attached hydrogens (tertiary/aromatic N) is 2. The Hall–Kier alpha value is -2.16. The summed E-state index contributed by atoms with van der Waals surface area (Å²) in [6.45, 7) is 2.14. The summed E-state index contributed by atoms with van der Waals surface area (Å²) in [4.78, 5) is 17.8. The van der Waals surface area contributed by atoms with Crippen molar-refractivity contribution in [3.8, 4) is 11.5 Å². The molecule has 2 aromatic carbocycles. The summed E-state index contributed by atoms with van der Waals surface area (Å²) in [5.41, 5.74) is 1.49. The molecule has 0 saturated heterocycles. The van der Waals surface area contributed by atoms with Crippen LogP contribution in [0.4, 0.5) is 0 Å². The summed E-state index contributed by atoms with van der Waals surface area (Å²) in [5.74, 6) is 0.915. The molecule has 1 amide bonds. The van der Waals surface area contributed by atoms with Gasteiger partial charge in [-0.05, 0) is 36.4 Å². The Morgan fingerprint density at radius 2 is 2.04 bits per heavy atom. The van der Waals surface area contributed by atoms with Gasteiger partial charge in [-0.2, -0.15) is 4.99 Å². The van der Waals surface area contributed by atoms with Crippen molar-refractivity contribution in [1.29, 1.82) is 0 Å². The predicted molar refractivity (Wildman–Crippen MR) is 107 cm³/mol. The minimum Gasteiger partial charge on any atom is -0.486 e. The molecule has 4 rings (SSSR count).